The number of fused-ring (bicyclic) bond motifs is 1. The second-order valence-corrected chi connectivity index (χ2v) is 8.20. The Morgan fingerprint density at radius 3 is 2.46 bits per heavy atom. The van der Waals surface area contributed by atoms with Crippen LogP contribution < -0.4 is 10.2 Å². The number of halogens is 2. The molecule has 154 valence electrons. The van der Waals surface area contributed by atoms with Gasteiger partial charge in [0.05, 0.1) is 17.2 Å². The summed E-state index contributed by atoms with van der Waals surface area (Å²) in [6.07, 6.45) is -0.231. The third kappa shape index (κ3) is 4.70. The Balaban J connectivity index is 2.35. The Morgan fingerprint density at radius 2 is 1.93 bits per heavy atom. The fourth-order valence-corrected chi connectivity index (χ4v) is 3.42. The zero-order valence-electron chi connectivity index (χ0n) is 16.5. The van der Waals surface area contributed by atoms with Gasteiger partial charge in [0.25, 0.3) is 5.91 Å². The lowest BCUT2D eigenvalue weighted by molar-refractivity contribution is -0.143. The van der Waals surface area contributed by atoms with Crippen LogP contribution in [0.2, 0.25) is 10.0 Å². The Morgan fingerprint density at radius 1 is 1.29 bits per heavy atom. The van der Waals surface area contributed by atoms with Crippen LogP contribution in [0.3, 0.4) is 0 Å². The molecule has 9 heteroatoms. The van der Waals surface area contributed by atoms with Crippen molar-refractivity contribution >= 4 is 46.9 Å². The van der Waals surface area contributed by atoms with E-state index in [1.165, 1.54) is 12.0 Å². The average Bonchev–Trinajstić information content (AvgIpc) is 3.00. The maximum Gasteiger partial charge on any atom is 0.408 e. The molecule has 2 atom stereocenters. The minimum atomic E-state index is -0.891. The number of hydrogen-bond donors (Lipinski definition) is 1. The zero-order chi connectivity index (χ0) is 21.2. The maximum absolute atomic E-state index is 13.2. The van der Waals surface area contributed by atoms with E-state index in [1.807, 2.05) is 0 Å². The predicted molar refractivity (Wildman–Crippen MR) is 107 cm³/mol. The Kier molecular flexibility index (Phi) is 6.83. The molecule has 28 heavy (non-hydrogen) atoms. The summed E-state index contributed by atoms with van der Waals surface area (Å²) in [5.74, 6) is -1.04. The molecule has 1 aliphatic rings. The number of benzene rings is 1. The van der Waals surface area contributed by atoms with Crippen molar-refractivity contribution in [2.45, 2.75) is 58.2 Å². The molecular formula is C19H24Cl2N2O5. The Labute approximate surface area is 174 Å². The standard InChI is InChI=1S/C19H24Cl2N2O5/c1-6-12(22-18(26)28-19(2,3)4)16(24)23-13-8-7-11(20)15(21)10(13)9-14(23)17(25)27-5/h7-8,12,14H,6,9H2,1-5H3,(H,22,26)/t12-,14?/m0/s1. The van der Waals surface area contributed by atoms with Crippen molar-refractivity contribution in [1.82, 2.24) is 5.32 Å². The number of hydrogen-bond acceptors (Lipinski definition) is 5. The molecular weight excluding hydrogens is 407 g/mol. The number of ether oxygens (including phenoxy) is 2. The number of esters is 1. The van der Waals surface area contributed by atoms with Gasteiger partial charge in [0.2, 0.25) is 0 Å². The van der Waals surface area contributed by atoms with E-state index in [9.17, 15) is 14.4 Å². The van der Waals surface area contributed by atoms with Crippen LogP contribution in [0, 0.1) is 0 Å². The molecule has 0 saturated carbocycles. The number of nitrogens with one attached hydrogen (secondary N) is 1. The van der Waals surface area contributed by atoms with Crippen molar-refractivity contribution in [3.63, 3.8) is 0 Å². The van der Waals surface area contributed by atoms with Gasteiger partial charge in [-0.15, -0.1) is 0 Å². The molecule has 1 aromatic carbocycles. The average molecular weight is 431 g/mol. The summed E-state index contributed by atoms with van der Waals surface area (Å²) in [4.78, 5) is 39.0. The summed E-state index contributed by atoms with van der Waals surface area (Å²) in [7, 11) is 1.25. The summed E-state index contributed by atoms with van der Waals surface area (Å²) in [5.41, 5.74) is 0.356. The van der Waals surface area contributed by atoms with Gasteiger partial charge in [0.15, 0.2) is 0 Å². The Hall–Kier alpha value is -1.99. The van der Waals surface area contributed by atoms with Crippen molar-refractivity contribution in [1.29, 1.82) is 0 Å². The first kappa shape index (κ1) is 22.3. The van der Waals surface area contributed by atoms with Gasteiger partial charge in [0.1, 0.15) is 17.7 Å². The van der Waals surface area contributed by atoms with Gasteiger partial charge in [-0.2, -0.15) is 0 Å². The third-order valence-electron chi connectivity index (χ3n) is 4.25. The van der Waals surface area contributed by atoms with Gasteiger partial charge < -0.3 is 14.8 Å². The van der Waals surface area contributed by atoms with Crippen LogP contribution in [0.5, 0.6) is 0 Å². The summed E-state index contributed by atoms with van der Waals surface area (Å²) in [6, 6.07) is 1.41. The molecule has 2 amide bonds. The monoisotopic (exact) mass is 430 g/mol. The van der Waals surface area contributed by atoms with Crippen molar-refractivity contribution in [3.8, 4) is 0 Å². The highest BCUT2D eigenvalue weighted by Crippen LogP contribution is 2.41. The summed E-state index contributed by atoms with van der Waals surface area (Å²) < 4.78 is 10.1. The van der Waals surface area contributed by atoms with Crippen molar-refractivity contribution < 1.29 is 23.9 Å². The van der Waals surface area contributed by atoms with Crippen molar-refractivity contribution in [2.75, 3.05) is 12.0 Å². The van der Waals surface area contributed by atoms with Crippen LogP contribution in [0.15, 0.2) is 12.1 Å². The SMILES string of the molecule is CC[C@H](NC(=O)OC(C)(C)C)C(=O)N1c2ccc(Cl)c(Cl)c2CC1C(=O)OC. The van der Waals surface area contributed by atoms with E-state index >= 15 is 0 Å². The van der Waals surface area contributed by atoms with Crippen molar-refractivity contribution in [3.05, 3.63) is 27.7 Å². The molecule has 0 bridgehead atoms. The molecule has 1 aromatic rings. The normalized spacial score (nSPS) is 17.0. The van der Waals surface area contributed by atoms with E-state index < -0.39 is 35.7 Å². The van der Waals surface area contributed by atoms with Gasteiger partial charge in [0, 0.05) is 12.1 Å². The molecule has 1 unspecified atom stereocenters. The van der Waals surface area contributed by atoms with E-state index in [2.05, 4.69) is 5.32 Å². The number of carbonyl (C=O) groups excluding carboxylic acids is 3. The fraction of sp³-hybridized carbons (Fsp3) is 0.526. The van der Waals surface area contributed by atoms with E-state index in [4.69, 9.17) is 32.7 Å². The second kappa shape index (κ2) is 8.57. The predicted octanol–water partition coefficient (Wildman–Crippen LogP) is 3.73. The number of alkyl carbamates (subject to hydrolysis) is 1. The van der Waals surface area contributed by atoms with Crippen LogP contribution in [0.4, 0.5) is 10.5 Å². The van der Waals surface area contributed by atoms with E-state index in [0.717, 1.165) is 0 Å². The van der Waals surface area contributed by atoms with Crippen LogP contribution in [-0.2, 0) is 25.5 Å². The minimum absolute atomic E-state index is 0.177. The fourth-order valence-electron chi connectivity index (χ4n) is 3.01. The molecule has 0 saturated heterocycles. The smallest absolute Gasteiger partial charge is 0.408 e. The number of anilines is 1. The quantitative estimate of drug-likeness (QED) is 0.735. The van der Waals surface area contributed by atoms with Gasteiger partial charge in [-0.1, -0.05) is 30.1 Å². The molecule has 0 aliphatic carbocycles. The summed E-state index contributed by atoms with van der Waals surface area (Å²) >= 11 is 12.4. The molecule has 0 spiro atoms. The lowest BCUT2D eigenvalue weighted by Gasteiger charge is -2.29. The van der Waals surface area contributed by atoms with Crippen LogP contribution >= 0.6 is 23.2 Å². The largest absolute Gasteiger partial charge is 0.467 e. The maximum atomic E-state index is 13.2. The van der Waals surface area contributed by atoms with Crippen LogP contribution in [0.25, 0.3) is 0 Å². The molecule has 0 radical (unpaired) electrons. The van der Waals surface area contributed by atoms with Gasteiger partial charge >= 0.3 is 12.1 Å². The zero-order valence-corrected chi connectivity index (χ0v) is 18.0. The molecule has 0 aromatic heterocycles. The summed E-state index contributed by atoms with van der Waals surface area (Å²) in [5, 5.41) is 3.19. The van der Waals surface area contributed by atoms with Crippen LogP contribution in [0.1, 0.15) is 39.7 Å². The molecule has 2 rings (SSSR count). The molecule has 1 aliphatic heterocycles. The van der Waals surface area contributed by atoms with E-state index in [0.29, 0.717) is 22.7 Å². The molecule has 7 nitrogen and oxygen atoms in total. The first-order valence-corrected chi connectivity index (χ1v) is 9.63. The Bertz CT molecular complexity index is 791. The highest BCUT2D eigenvalue weighted by molar-refractivity contribution is 6.43. The number of carbonyl (C=O) groups is 3. The van der Waals surface area contributed by atoms with Crippen LogP contribution in [-0.4, -0.2) is 42.8 Å². The van der Waals surface area contributed by atoms with Crippen molar-refractivity contribution in [2.24, 2.45) is 0 Å². The first-order chi connectivity index (χ1) is 13.0. The number of amides is 2. The first-order valence-electron chi connectivity index (χ1n) is 8.87. The highest BCUT2D eigenvalue weighted by atomic mass is 35.5. The third-order valence-corrected chi connectivity index (χ3v) is 5.09. The number of nitrogens with zero attached hydrogens (tertiary/aromatic N) is 1. The summed E-state index contributed by atoms with van der Waals surface area (Å²) in [6.45, 7) is 6.93. The van der Waals surface area contributed by atoms with Gasteiger partial charge in [-0.05, 0) is 44.9 Å². The topological polar surface area (TPSA) is 84.9 Å². The van der Waals surface area contributed by atoms with E-state index in [-0.39, 0.29) is 11.4 Å². The minimum Gasteiger partial charge on any atom is -0.467 e. The lowest BCUT2D eigenvalue weighted by Crippen LogP contribution is -2.53. The molecule has 1 N–H and O–H groups in total. The van der Waals surface area contributed by atoms with Gasteiger partial charge in [-0.25, -0.2) is 9.59 Å². The molecule has 0 fully saturated rings. The van der Waals surface area contributed by atoms with Gasteiger partial charge in [-0.3, -0.25) is 9.69 Å². The second-order valence-electron chi connectivity index (χ2n) is 7.42. The van der Waals surface area contributed by atoms with E-state index in [1.54, 1.807) is 39.8 Å². The lowest BCUT2D eigenvalue weighted by atomic mass is 10.1. The number of rotatable bonds is 4. The number of methoxy groups -OCH3 is 1. The molecule has 1 heterocycles. The highest BCUT2D eigenvalue weighted by Gasteiger charge is 2.42.